The summed E-state index contributed by atoms with van der Waals surface area (Å²) in [5.74, 6) is -11.9. The molecule has 0 aliphatic carbocycles. The lowest BCUT2D eigenvalue weighted by Crippen LogP contribution is -2.54. The molecule has 4 saturated heterocycles. The molecule has 0 saturated carbocycles. The van der Waals surface area contributed by atoms with Gasteiger partial charge in [-0.3, -0.25) is 62.5 Å². The van der Waals surface area contributed by atoms with Crippen LogP contribution < -0.4 is 21.3 Å². The van der Waals surface area contributed by atoms with E-state index < -0.39 is 139 Å². The highest BCUT2D eigenvalue weighted by atomic mass is 35.5. The molecule has 502 valence electrons. The monoisotopic (exact) mass is 1330 g/mol. The number of nitrogens with zero attached hydrogens (tertiary/aromatic N) is 5. The molecule has 9 N–H and O–H groups in total. The maximum atomic E-state index is 15.1. The molecule has 10 atom stereocenters. The highest BCUT2D eigenvalue weighted by Crippen LogP contribution is 2.31. The molecule has 0 radical (unpaired) electrons. The Hall–Kier alpha value is -6.20. The molecule has 91 heavy (non-hydrogen) atoms. The predicted octanol–water partition coefficient (Wildman–Crippen LogP) is 2.18. The number of carboxylic acid groups (broad SMARTS) is 2. The number of benzene rings is 2. The number of amides is 5. The van der Waals surface area contributed by atoms with E-state index in [1.54, 1.807) is 19.1 Å². The molecule has 5 amide bonds. The number of fused-ring (bicyclic) bond motifs is 4. The van der Waals surface area contributed by atoms with E-state index in [0.29, 0.717) is 63.4 Å². The summed E-state index contributed by atoms with van der Waals surface area (Å²) in [5.41, 5.74) is 0.986. The number of carbonyl (C=O) groups excluding carboxylic acids is 9. The van der Waals surface area contributed by atoms with Crippen molar-refractivity contribution in [3.63, 3.8) is 0 Å². The van der Waals surface area contributed by atoms with Gasteiger partial charge in [0.05, 0.1) is 48.9 Å². The quantitative estimate of drug-likeness (QED) is 0.0809. The van der Waals surface area contributed by atoms with Crippen molar-refractivity contribution >= 4 is 97.8 Å². The van der Waals surface area contributed by atoms with E-state index in [1.165, 1.54) is 30.3 Å². The van der Waals surface area contributed by atoms with Crippen LogP contribution in [0.2, 0.25) is 5.02 Å². The summed E-state index contributed by atoms with van der Waals surface area (Å²) in [6.45, 7) is 11.0. The summed E-state index contributed by atoms with van der Waals surface area (Å²) in [4.78, 5) is 162. The summed E-state index contributed by atoms with van der Waals surface area (Å²) in [6, 6.07) is 5.05. The molecule has 0 aromatic heterocycles. The van der Waals surface area contributed by atoms with Gasteiger partial charge in [0.1, 0.15) is 17.5 Å². The standard InChI is InChI=1S/C63H90ClN9O16S2/c1-4-53(77)50-37-90-91-38-51(63(89)73-34-47(76)32-52(73)56(80)31-44(26-41-9-13-54(78)48(64)27-41)60(86)65-33-46(75)29-43(25-39(2)3)62(88)67-50)68-61(87)42(10-14-58(82)83)30-55(79)49(28-40-7-11-45(74)12-8-40)66-57(81)35-71-17-5-15-70-20-19-69(21-23-71)16-6-18-72(24-22-70)36-59(84)85/h7-9,11-13,27,39,42-44,47,49-52,74,76,78H,4-6,10,14-26,28-38H2,1-3H3,(H,65,86)(H,66,81)(H,67,88)(H,68,87)(H,82,83)(H,84,85)/t42-,43+,44+,47+,49-,50-,51-,52-/m0/s1. The first kappa shape index (κ1) is 73.8. The van der Waals surface area contributed by atoms with E-state index >= 15 is 4.79 Å². The number of Topliss-reactive ketones (excluding diaryl/α,β-unsaturated/α-hetero) is 4. The van der Waals surface area contributed by atoms with E-state index in [2.05, 4.69) is 31.1 Å². The molecule has 4 heterocycles. The van der Waals surface area contributed by atoms with Crippen LogP contribution in [0.4, 0.5) is 0 Å². The zero-order chi connectivity index (χ0) is 66.3. The number of aliphatic carboxylic acids is 2. The molecule has 2 unspecified atom stereocenters. The lowest BCUT2D eigenvalue weighted by Gasteiger charge is -2.35. The van der Waals surface area contributed by atoms with Crippen molar-refractivity contribution < 1.29 is 78.3 Å². The Morgan fingerprint density at radius 1 is 0.758 bits per heavy atom. The zero-order valence-corrected chi connectivity index (χ0v) is 54.6. The molecule has 4 fully saturated rings. The second-order valence-corrected chi connectivity index (χ2v) is 27.6. The van der Waals surface area contributed by atoms with Crippen LogP contribution in [-0.4, -0.2) is 248 Å². The Bertz CT molecular complexity index is 2870. The van der Waals surface area contributed by atoms with E-state index in [4.69, 9.17) is 11.6 Å². The van der Waals surface area contributed by atoms with Crippen LogP contribution >= 0.6 is 33.2 Å². The maximum absolute atomic E-state index is 15.1. The minimum atomic E-state index is -1.52. The number of hydrogen-bond acceptors (Lipinski definition) is 20. The predicted molar refractivity (Wildman–Crippen MR) is 342 cm³/mol. The number of halogens is 1. The van der Waals surface area contributed by atoms with Crippen molar-refractivity contribution in [3.8, 4) is 11.5 Å². The third-order valence-electron chi connectivity index (χ3n) is 17.0. The minimum Gasteiger partial charge on any atom is -0.508 e. The van der Waals surface area contributed by atoms with Gasteiger partial charge in [-0.05, 0) is 99.5 Å². The number of aromatic hydroxyl groups is 2. The Balaban J connectivity index is 1.27. The van der Waals surface area contributed by atoms with Gasteiger partial charge < -0.3 is 61.5 Å². The molecule has 2 aromatic carbocycles. The number of ketones is 4. The fourth-order valence-corrected chi connectivity index (χ4v) is 14.5. The van der Waals surface area contributed by atoms with E-state index in [0.717, 1.165) is 52.5 Å². The van der Waals surface area contributed by atoms with Gasteiger partial charge in [0.15, 0.2) is 23.1 Å². The van der Waals surface area contributed by atoms with Crippen LogP contribution in [0.5, 0.6) is 11.5 Å². The van der Waals surface area contributed by atoms with Crippen molar-refractivity contribution in [3.05, 3.63) is 58.6 Å². The number of phenolic OH excluding ortho intramolecular Hbond substituents is 2. The SMILES string of the molecule is CCC(=O)[C@@H]1CSSC[C@H](NC(=O)[C@@H](CCC(=O)O)CC(=O)[C@H](Cc2ccc(O)cc2)NC(=O)CN2CCCN3CCN(CCCN(CC(=O)O)CC3)CC2)C(=O)N2C[C@H](O)C[C@H]2C(=O)C[C@@H](Cc2ccc(O)c(Cl)c2)C(=O)NCC(=O)C[C@@H](CC(C)C)C(=O)N1. The third kappa shape index (κ3) is 24.7. The highest BCUT2D eigenvalue weighted by molar-refractivity contribution is 8.76. The number of nitrogens with one attached hydrogen (secondary N) is 4. The summed E-state index contributed by atoms with van der Waals surface area (Å²) < 4.78 is 0. The Morgan fingerprint density at radius 3 is 2.02 bits per heavy atom. The average Bonchev–Trinajstić information content (AvgIpc) is 1.83. The number of phenols is 2. The van der Waals surface area contributed by atoms with Crippen LogP contribution in [-0.2, 0) is 65.6 Å². The van der Waals surface area contributed by atoms with Crippen molar-refractivity contribution in [2.24, 2.45) is 23.7 Å². The number of aliphatic hydroxyl groups excluding tert-OH is 1. The first-order chi connectivity index (χ1) is 43.3. The molecule has 28 heteroatoms. The lowest BCUT2D eigenvalue weighted by atomic mass is 9.89. The summed E-state index contributed by atoms with van der Waals surface area (Å²) in [5, 5.41) is 61.9. The molecule has 25 nitrogen and oxygen atoms in total. The largest absolute Gasteiger partial charge is 0.508 e. The van der Waals surface area contributed by atoms with Gasteiger partial charge in [-0.15, -0.1) is 0 Å². The maximum Gasteiger partial charge on any atom is 0.317 e. The molecule has 2 aromatic rings. The fourth-order valence-electron chi connectivity index (χ4n) is 12.0. The van der Waals surface area contributed by atoms with Gasteiger partial charge in [-0.2, -0.15) is 0 Å². The van der Waals surface area contributed by atoms with Crippen molar-refractivity contribution in [1.29, 1.82) is 0 Å². The summed E-state index contributed by atoms with van der Waals surface area (Å²) in [7, 11) is 2.13. The van der Waals surface area contributed by atoms with E-state index in [9.17, 15) is 73.5 Å². The smallest absolute Gasteiger partial charge is 0.317 e. The molecule has 0 spiro atoms. The van der Waals surface area contributed by atoms with Gasteiger partial charge in [0.25, 0.3) is 0 Å². The van der Waals surface area contributed by atoms with Crippen LogP contribution in [0.25, 0.3) is 0 Å². The topological polar surface area (TPSA) is 353 Å². The van der Waals surface area contributed by atoms with Crippen molar-refractivity contribution in [2.45, 2.75) is 128 Å². The highest BCUT2D eigenvalue weighted by Gasteiger charge is 2.43. The number of rotatable bonds is 21. The Kier molecular flexibility index (Phi) is 29.9. The first-order valence-electron chi connectivity index (χ1n) is 31.4. The van der Waals surface area contributed by atoms with E-state index in [1.807, 2.05) is 23.6 Å². The molecular formula is C63H90ClN9O16S2. The minimum absolute atomic E-state index is 0.0251. The van der Waals surface area contributed by atoms with Crippen LogP contribution in [0.1, 0.15) is 96.1 Å². The summed E-state index contributed by atoms with van der Waals surface area (Å²) >= 11 is 6.24. The van der Waals surface area contributed by atoms with Gasteiger partial charge in [-0.1, -0.05) is 72.2 Å². The van der Waals surface area contributed by atoms with Gasteiger partial charge in [0.2, 0.25) is 29.5 Å². The van der Waals surface area contributed by atoms with Crippen molar-refractivity contribution in [2.75, 3.05) is 103 Å². The zero-order valence-electron chi connectivity index (χ0n) is 52.2. The van der Waals surface area contributed by atoms with Gasteiger partial charge >= 0.3 is 11.9 Å². The molecular weight excluding hydrogens is 1240 g/mol. The van der Waals surface area contributed by atoms with Crippen molar-refractivity contribution in [1.82, 2.24) is 45.8 Å². The third-order valence-corrected chi connectivity index (χ3v) is 19.7. The molecule has 6 rings (SSSR count). The molecule has 4 aliphatic rings. The lowest BCUT2D eigenvalue weighted by molar-refractivity contribution is -0.142. The van der Waals surface area contributed by atoms with E-state index in [-0.39, 0.29) is 97.9 Å². The fraction of sp³-hybridized carbons (Fsp3) is 0.635. The van der Waals surface area contributed by atoms with Gasteiger partial charge in [-0.25, -0.2) is 0 Å². The summed E-state index contributed by atoms with van der Waals surface area (Å²) in [6.07, 6.45) is -2.31. The second-order valence-electron chi connectivity index (χ2n) is 24.7. The Morgan fingerprint density at radius 2 is 1.40 bits per heavy atom. The Labute approximate surface area is 544 Å². The van der Waals surface area contributed by atoms with Crippen LogP contribution in [0.3, 0.4) is 0 Å². The number of hydrogen-bond donors (Lipinski definition) is 9. The number of carbonyl (C=O) groups is 11. The number of aliphatic hydroxyl groups is 1. The number of carboxylic acids is 2. The normalized spacial score (nSPS) is 25.1. The average molecular weight is 1330 g/mol. The molecule has 2 bridgehead atoms. The van der Waals surface area contributed by atoms with Crippen LogP contribution in [0, 0.1) is 23.7 Å². The first-order valence-corrected chi connectivity index (χ1v) is 34.3. The van der Waals surface area contributed by atoms with Gasteiger partial charge in [0, 0.05) is 120 Å². The second kappa shape index (κ2) is 36.9. The molecule has 4 aliphatic heterocycles. The van der Waals surface area contributed by atoms with Crippen LogP contribution in [0.15, 0.2) is 42.5 Å².